The van der Waals surface area contributed by atoms with Gasteiger partial charge in [-0.25, -0.2) is 0 Å². The van der Waals surface area contributed by atoms with E-state index in [4.69, 9.17) is 4.74 Å². The molecule has 0 N–H and O–H groups in total. The molecule has 1 aliphatic heterocycles. The lowest BCUT2D eigenvalue weighted by atomic mass is 10.1. The van der Waals surface area contributed by atoms with Crippen molar-refractivity contribution in [3.05, 3.63) is 0 Å². The molecule has 1 rings (SSSR count). The van der Waals surface area contributed by atoms with Gasteiger partial charge in [-0.3, -0.25) is 4.90 Å². The topological polar surface area (TPSA) is 12.5 Å². The van der Waals surface area contributed by atoms with Crippen LogP contribution < -0.4 is 0 Å². The fraction of sp³-hybridized carbons (Fsp3) is 1.00. The highest BCUT2D eigenvalue weighted by Gasteiger charge is 2.20. The number of thiol groups is 1. The van der Waals surface area contributed by atoms with Crippen LogP contribution in [-0.4, -0.2) is 43.0 Å². The summed E-state index contributed by atoms with van der Waals surface area (Å²) in [7, 11) is 0. The Morgan fingerprint density at radius 1 is 1.50 bits per heavy atom. The number of rotatable bonds is 5. The predicted molar refractivity (Wildman–Crippen MR) is 64.1 cm³/mol. The second-order valence-electron chi connectivity index (χ2n) is 4.12. The first-order valence-corrected chi connectivity index (χ1v) is 6.38. The molecule has 1 aliphatic rings. The van der Waals surface area contributed by atoms with Crippen molar-refractivity contribution in [3.8, 4) is 0 Å². The maximum Gasteiger partial charge on any atom is 0.0700 e. The minimum absolute atomic E-state index is 0.459. The normalized spacial score (nSPS) is 26.4. The molecule has 0 amide bonds. The van der Waals surface area contributed by atoms with Gasteiger partial charge in [0.05, 0.1) is 12.7 Å². The smallest absolute Gasteiger partial charge is 0.0700 e. The Morgan fingerprint density at radius 2 is 2.29 bits per heavy atom. The molecular formula is C11H23NOS. The molecule has 1 saturated heterocycles. The van der Waals surface area contributed by atoms with E-state index in [9.17, 15) is 0 Å². The summed E-state index contributed by atoms with van der Waals surface area (Å²) in [5.41, 5.74) is 0. The summed E-state index contributed by atoms with van der Waals surface area (Å²) in [6.07, 6.45) is 2.83. The van der Waals surface area contributed by atoms with Crippen LogP contribution in [0.25, 0.3) is 0 Å². The van der Waals surface area contributed by atoms with Crippen LogP contribution in [0.4, 0.5) is 0 Å². The Labute approximate surface area is 93.4 Å². The maximum atomic E-state index is 5.65. The van der Waals surface area contributed by atoms with Crippen LogP contribution in [0.2, 0.25) is 0 Å². The van der Waals surface area contributed by atoms with Gasteiger partial charge in [-0.15, -0.1) is 0 Å². The fourth-order valence-electron chi connectivity index (χ4n) is 1.87. The minimum Gasteiger partial charge on any atom is -0.376 e. The van der Waals surface area contributed by atoms with Gasteiger partial charge in [-0.1, -0.05) is 20.3 Å². The summed E-state index contributed by atoms with van der Waals surface area (Å²) in [5, 5.41) is 0. The molecule has 2 atom stereocenters. The molecule has 0 aromatic heterocycles. The Balaban J connectivity index is 2.29. The summed E-state index contributed by atoms with van der Waals surface area (Å²) in [6.45, 7) is 8.76. The molecule has 3 heteroatoms. The standard InChI is InChI=1S/C11H23NOS/c1-3-10(9-14)7-12-5-6-13-11(4-2)8-12/h10-11,14H,3-9H2,1-2H3. The zero-order valence-electron chi connectivity index (χ0n) is 9.41. The number of hydrogen-bond acceptors (Lipinski definition) is 3. The fourth-order valence-corrected chi connectivity index (χ4v) is 2.25. The Kier molecular flexibility index (Phi) is 5.90. The van der Waals surface area contributed by atoms with Crippen molar-refractivity contribution in [2.45, 2.75) is 32.8 Å². The van der Waals surface area contributed by atoms with Crippen LogP contribution in [0.1, 0.15) is 26.7 Å². The first kappa shape index (κ1) is 12.3. The van der Waals surface area contributed by atoms with E-state index in [1.807, 2.05) is 0 Å². The van der Waals surface area contributed by atoms with Crippen LogP contribution in [0.3, 0.4) is 0 Å². The summed E-state index contributed by atoms with van der Waals surface area (Å²) >= 11 is 4.38. The van der Waals surface area contributed by atoms with E-state index < -0.39 is 0 Å². The molecule has 1 heterocycles. The first-order valence-electron chi connectivity index (χ1n) is 5.74. The molecule has 0 aromatic carbocycles. The Hall–Kier alpha value is 0.270. The van der Waals surface area contributed by atoms with Gasteiger partial charge in [0.1, 0.15) is 0 Å². The summed E-state index contributed by atoms with van der Waals surface area (Å²) in [5.74, 6) is 1.75. The molecule has 2 unspecified atom stereocenters. The van der Waals surface area contributed by atoms with Crippen LogP contribution in [0.5, 0.6) is 0 Å². The average Bonchev–Trinajstić information content (AvgIpc) is 2.26. The van der Waals surface area contributed by atoms with E-state index in [-0.39, 0.29) is 0 Å². The minimum atomic E-state index is 0.459. The van der Waals surface area contributed by atoms with Crippen molar-refractivity contribution >= 4 is 12.6 Å². The molecule has 0 aromatic rings. The van der Waals surface area contributed by atoms with Crippen molar-refractivity contribution in [2.24, 2.45) is 5.92 Å². The summed E-state index contributed by atoms with van der Waals surface area (Å²) in [4.78, 5) is 2.53. The Bertz CT molecular complexity index is 150. The van der Waals surface area contributed by atoms with Gasteiger partial charge in [0.2, 0.25) is 0 Å². The van der Waals surface area contributed by atoms with Crippen molar-refractivity contribution < 1.29 is 4.74 Å². The summed E-state index contributed by atoms with van der Waals surface area (Å²) in [6, 6.07) is 0. The van der Waals surface area contributed by atoms with Gasteiger partial charge in [0, 0.05) is 19.6 Å². The third-order valence-corrected chi connectivity index (χ3v) is 3.55. The van der Waals surface area contributed by atoms with E-state index in [1.54, 1.807) is 0 Å². The van der Waals surface area contributed by atoms with Gasteiger partial charge in [-0.2, -0.15) is 12.6 Å². The van der Waals surface area contributed by atoms with E-state index in [2.05, 4.69) is 31.4 Å². The van der Waals surface area contributed by atoms with Crippen LogP contribution >= 0.6 is 12.6 Å². The maximum absolute atomic E-state index is 5.65. The monoisotopic (exact) mass is 217 g/mol. The number of hydrogen-bond donors (Lipinski definition) is 1. The molecule has 84 valence electrons. The molecule has 14 heavy (non-hydrogen) atoms. The first-order chi connectivity index (χ1) is 6.80. The molecule has 0 saturated carbocycles. The van der Waals surface area contributed by atoms with Gasteiger partial charge >= 0.3 is 0 Å². The summed E-state index contributed by atoms with van der Waals surface area (Å²) < 4.78 is 5.65. The lowest BCUT2D eigenvalue weighted by Crippen LogP contribution is -2.44. The highest BCUT2D eigenvalue weighted by molar-refractivity contribution is 7.80. The molecule has 0 radical (unpaired) electrons. The number of nitrogens with zero attached hydrogens (tertiary/aromatic N) is 1. The van der Waals surface area contributed by atoms with E-state index in [0.29, 0.717) is 6.10 Å². The third-order valence-electron chi connectivity index (χ3n) is 3.03. The molecule has 0 spiro atoms. The predicted octanol–water partition coefficient (Wildman–Crippen LogP) is 2.05. The molecule has 2 nitrogen and oxygen atoms in total. The zero-order valence-corrected chi connectivity index (χ0v) is 10.3. The lowest BCUT2D eigenvalue weighted by molar-refractivity contribution is -0.0333. The SMILES string of the molecule is CCC(CS)CN1CCOC(CC)C1. The van der Waals surface area contributed by atoms with Crippen molar-refractivity contribution in [1.29, 1.82) is 0 Å². The highest BCUT2D eigenvalue weighted by Crippen LogP contribution is 2.13. The van der Waals surface area contributed by atoms with Crippen molar-refractivity contribution in [1.82, 2.24) is 4.90 Å². The second-order valence-corrected chi connectivity index (χ2v) is 4.48. The average molecular weight is 217 g/mol. The zero-order chi connectivity index (χ0) is 10.4. The number of ether oxygens (including phenoxy) is 1. The van der Waals surface area contributed by atoms with Crippen molar-refractivity contribution in [2.75, 3.05) is 32.0 Å². The van der Waals surface area contributed by atoms with Gasteiger partial charge < -0.3 is 4.74 Å². The van der Waals surface area contributed by atoms with Gasteiger partial charge in [-0.05, 0) is 18.1 Å². The third kappa shape index (κ3) is 3.79. The molecule has 0 bridgehead atoms. The van der Waals surface area contributed by atoms with E-state index in [1.165, 1.54) is 13.0 Å². The highest BCUT2D eigenvalue weighted by atomic mass is 32.1. The second kappa shape index (κ2) is 6.70. The van der Waals surface area contributed by atoms with Crippen LogP contribution in [-0.2, 0) is 4.74 Å². The van der Waals surface area contributed by atoms with E-state index in [0.717, 1.165) is 37.8 Å². The molecular weight excluding hydrogens is 194 g/mol. The number of morpholine rings is 1. The lowest BCUT2D eigenvalue weighted by Gasteiger charge is -2.34. The van der Waals surface area contributed by atoms with E-state index >= 15 is 0 Å². The van der Waals surface area contributed by atoms with Crippen LogP contribution in [0.15, 0.2) is 0 Å². The molecule has 1 fully saturated rings. The van der Waals surface area contributed by atoms with Gasteiger partial charge in [0.15, 0.2) is 0 Å². The van der Waals surface area contributed by atoms with Crippen LogP contribution in [0, 0.1) is 5.92 Å². The Morgan fingerprint density at radius 3 is 2.86 bits per heavy atom. The largest absolute Gasteiger partial charge is 0.376 e. The quantitative estimate of drug-likeness (QED) is 0.708. The van der Waals surface area contributed by atoms with Gasteiger partial charge in [0.25, 0.3) is 0 Å². The van der Waals surface area contributed by atoms with Crippen molar-refractivity contribution in [3.63, 3.8) is 0 Å². The molecule has 0 aliphatic carbocycles.